The quantitative estimate of drug-likeness (QED) is 0.581. The van der Waals surface area contributed by atoms with Crippen molar-refractivity contribution in [2.45, 2.75) is 103 Å². The van der Waals surface area contributed by atoms with Crippen LogP contribution >= 0.6 is 0 Å². The Morgan fingerprint density at radius 2 is 1.61 bits per heavy atom. The van der Waals surface area contributed by atoms with E-state index in [1.54, 1.807) is 0 Å². The zero-order chi connectivity index (χ0) is 17.7. The number of nitrogens with one attached hydrogen (secondary N) is 3. The number of carbonyl (C=O) groups is 1. The summed E-state index contributed by atoms with van der Waals surface area (Å²) in [5.41, 5.74) is -0.775. The summed E-state index contributed by atoms with van der Waals surface area (Å²) in [5.74, 6) is 0. The van der Waals surface area contributed by atoms with E-state index in [4.69, 9.17) is 0 Å². The number of hydrogen-bond donors (Lipinski definition) is 4. The number of rotatable bonds is 7. The van der Waals surface area contributed by atoms with E-state index in [9.17, 15) is 9.90 Å². The number of carbonyl (C=O) groups excluding carboxylic acids is 1. The van der Waals surface area contributed by atoms with Gasteiger partial charge in [0.25, 0.3) is 0 Å². The van der Waals surface area contributed by atoms with Gasteiger partial charge in [-0.15, -0.1) is 0 Å². The van der Waals surface area contributed by atoms with E-state index < -0.39 is 5.60 Å². The predicted octanol–water partition coefficient (Wildman–Crippen LogP) is 2.93. The molecule has 2 amide bonds. The average molecular weight is 328 g/mol. The van der Waals surface area contributed by atoms with Crippen molar-refractivity contribution in [2.24, 2.45) is 0 Å². The number of aliphatic hydroxyl groups is 1. The van der Waals surface area contributed by atoms with Gasteiger partial charge in [-0.3, -0.25) is 0 Å². The summed E-state index contributed by atoms with van der Waals surface area (Å²) in [4.78, 5) is 12.2. The molecule has 5 heteroatoms. The molecule has 0 aromatic heterocycles. The van der Waals surface area contributed by atoms with Crippen molar-refractivity contribution in [3.8, 4) is 0 Å². The maximum atomic E-state index is 12.2. The highest BCUT2D eigenvalue weighted by Gasteiger charge is 2.38. The molecule has 0 saturated carbocycles. The molecule has 1 aliphatic rings. The Morgan fingerprint density at radius 3 is 2.04 bits per heavy atom. The van der Waals surface area contributed by atoms with Gasteiger partial charge < -0.3 is 21.1 Å². The van der Waals surface area contributed by atoms with Gasteiger partial charge in [0, 0.05) is 23.7 Å². The van der Waals surface area contributed by atoms with Gasteiger partial charge in [-0.2, -0.15) is 0 Å². The molecule has 0 aliphatic carbocycles. The lowest BCUT2D eigenvalue weighted by molar-refractivity contribution is 0.0238. The monoisotopic (exact) mass is 327 g/mol. The molecule has 4 N–H and O–H groups in total. The van der Waals surface area contributed by atoms with Crippen LogP contribution in [0.4, 0.5) is 4.79 Å². The summed E-state index contributed by atoms with van der Waals surface area (Å²) in [6, 6.07) is -0.0270. The first-order chi connectivity index (χ1) is 10.5. The molecule has 1 fully saturated rings. The highest BCUT2D eigenvalue weighted by molar-refractivity contribution is 5.74. The van der Waals surface area contributed by atoms with Gasteiger partial charge in [-0.05, 0) is 53.4 Å². The smallest absolute Gasteiger partial charge is 0.315 e. The summed E-state index contributed by atoms with van der Waals surface area (Å²) < 4.78 is 0. The molecule has 0 spiro atoms. The fourth-order valence-corrected chi connectivity index (χ4v) is 4.14. The Morgan fingerprint density at radius 1 is 1.13 bits per heavy atom. The fourth-order valence-electron chi connectivity index (χ4n) is 4.14. The molecule has 0 radical (unpaired) electrons. The molecular weight excluding hydrogens is 290 g/mol. The molecular formula is C18H37N3O2. The first-order valence-electron chi connectivity index (χ1n) is 9.07. The summed E-state index contributed by atoms with van der Waals surface area (Å²) in [5, 5.41) is 20.2. The fraction of sp³-hybridized carbons (Fsp3) is 0.944. The minimum Gasteiger partial charge on any atom is -0.388 e. The SMILES string of the molecule is CCCC(O)(CCC)CNC(=O)NC1CC(C)(C)NC(C)(C)C1. The van der Waals surface area contributed by atoms with Crippen molar-refractivity contribution in [1.82, 2.24) is 16.0 Å². The van der Waals surface area contributed by atoms with Crippen molar-refractivity contribution < 1.29 is 9.90 Å². The van der Waals surface area contributed by atoms with Crippen LogP contribution in [0.15, 0.2) is 0 Å². The second kappa shape index (κ2) is 7.84. The first kappa shape index (κ1) is 20.2. The van der Waals surface area contributed by atoms with Gasteiger partial charge in [0.2, 0.25) is 0 Å². The molecule has 0 aromatic carbocycles. The van der Waals surface area contributed by atoms with E-state index >= 15 is 0 Å². The number of urea groups is 1. The van der Waals surface area contributed by atoms with Crippen LogP contribution in [0.3, 0.4) is 0 Å². The number of piperidine rings is 1. The average Bonchev–Trinajstić information content (AvgIpc) is 2.33. The van der Waals surface area contributed by atoms with Gasteiger partial charge in [0.05, 0.1) is 5.60 Å². The van der Waals surface area contributed by atoms with Crippen molar-refractivity contribution in [3.05, 3.63) is 0 Å². The maximum absolute atomic E-state index is 12.2. The van der Waals surface area contributed by atoms with Gasteiger partial charge in [-0.25, -0.2) is 4.79 Å². The maximum Gasteiger partial charge on any atom is 0.315 e. The van der Waals surface area contributed by atoms with Gasteiger partial charge in [-0.1, -0.05) is 26.7 Å². The van der Waals surface area contributed by atoms with Crippen LogP contribution in [0.5, 0.6) is 0 Å². The summed E-state index contributed by atoms with van der Waals surface area (Å²) in [6.07, 6.45) is 5.06. The lowest BCUT2D eigenvalue weighted by Crippen LogP contribution is -2.63. The van der Waals surface area contributed by atoms with Crippen molar-refractivity contribution in [2.75, 3.05) is 6.54 Å². The van der Waals surface area contributed by atoms with E-state index in [1.165, 1.54) is 0 Å². The van der Waals surface area contributed by atoms with Gasteiger partial charge >= 0.3 is 6.03 Å². The lowest BCUT2D eigenvalue weighted by Gasteiger charge is -2.46. The van der Waals surface area contributed by atoms with Gasteiger partial charge in [0.1, 0.15) is 0 Å². The van der Waals surface area contributed by atoms with E-state index in [1.807, 2.05) is 0 Å². The second-order valence-electron chi connectivity index (χ2n) is 8.55. The summed E-state index contributed by atoms with van der Waals surface area (Å²) >= 11 is 0. The highest BCUT2D eigenvalue weighted by Crippen LogP contribution is 2.28. The Balaban J connectivity index is 2.52. The molecule has 0 atom stereocenters. The van der Waals surface area contributed by atoms with Crippen molar-refractivity contribution in [3.63, 3.8) is 0 Å². The Labute approximate surface area is 142 Å². The predicted molar refractivity (Wildman–Crippen MR) is 95.6 cm³/mol. The lowest BCUT2D eigenvalue weighted by atomic mass is 9.80. The van der Waals surface area contributed by atoms with Crippen molar-refractivity contribution in [1.29, 1.82) is 0 Å². The highest BCUT2D eigenvalue weighted by atomic mass is 16.3. The summed E-state index contributed by atoms with van der Waals surface area (Å²) in [7, 11) is 0. The van der Waals surface area contributed by atoms with Crippen molar-refractivity contribution >= 4 is 6.03 Å². The molecule has 0 aromatic rings. The zero-order valence-corrected chi connectivity index (χ0v) is 15.9. The van der Waals surface area contributed by atoms with E-state index in [0.717, 1.165) is 25.7 Å². The molecule has 1 rings (SSSR count). The molecule has 0 bridgehead atoms. The molecule has 1 aliphatic heterocycles. The van der Waals surface area contributed by atoms with E-state index in [2.05, 4.69) is 57.5 Å². The minimum atomic E-state index is -0.784. The molecule has 0 unspecified atom stereocenters. The third-order valence-corrected chi connectivity index (χ3v) is 4.53. The Hall–Kier alpha value is -0.810. The first-order valence-corrected chi connectivity index (χ1v) is 9.07. The van der Waals surface area contributed by atoms with Crippen LogP contribution in [-0.4, -0.2) is 40.4 Å². The standard InChI is InChI=1S/C18H37N3O2/c1-7-9-18(23,10-8-2)13-19-15(22)20-14-11-16(3,4)21-17(5,6)12-14/h14,21,23H,7-13H2,1-6H3,(H2,19,20,22). The zero-order valence-electron chi connectivity index (χ0n) is 15.9. The molecule has 1 heterocycles. The van der Waals surface area contributed by atoms with Crippen LogP contribution in [0.25, 0.3) is 0 Å². The van der Waals surface area contributed by atoms with Crippen LogP contribution in [0, 0.1) is 0 Å². The summed E-state index contributed by atoms with van der Waals surface area (Å²) in [6.45, 7) is 13.1. The second-order valence-corrected chi connectivity index (χ2v) is 8.55. The number of hydrogen-bond acceptors (Lipinski definition) is 3. The largest absolute Gasteiger partial charge is 0.388 e. The van der Waals surface area contributed by atoms with E-state index in [-0.39, 0.29) is 23.2 Å². The van der Waals surface area contributed by atoms with Crippen LogP contribution < -0.4 is 16.0 Å². The number of amides is 2. The topological polar surface area (TPSA) is 73.4 Å². The molecule has 5 nitrogen and oxygen atoms in total. The third kappa shape index (κ3) is 7.08. The Kier molecular flexibility index (Phi) is 6.90. The van der Waals surface area contributed by atoms with E-state index in [0.29, 0.717) is 19.4 Å². The molecule has 23 heavy (non-hydrogen) atoms. The Bertz CT molecular complexity index is 372. The van der Waals surface area contributed by atoms with Crippen LogP contribution in [-0.2, 0) is 0 Å². The normalized spacial score (nSPS) is 21.0. The van der Waals surface area contributed by atoms with Crippen LogP contribution in [0.2, 0.25) is 0 Å². The minimum absolute atomic E-state index is 0.00482. The third-order valence-electron chi connectivity index (χ3n) is 4.53. The van der Waals surface area contributed by atoms with Crippen LogP contribution in [0.1, 0.15) is 80.1 Å². The molecule has 1 saturated heterocycles. The van der Waals surface area contributed by atoms with Gasteiger partial charge in [0.15, 0.2) is 0 Å². The molecule has 136 valence electrons.